The molecule has 0 bridgehead atoms. The zero-order valence-electron chi connectivity index (χ0n) is 5.49. The van der Waals surface area contributed by atoms with E-state index in [1.165, 1.54) is 0 Å². The Morgan fingerprint density at radius 1 is 0.875 bits per heavy atom. The second-order valence-electron chi connectivity index (χ2n) is 2.21. The SMILES string of the molecule is CC(Cl)C(C)C(C)Cl. The van der Waals surface area contributed by atoms with Crippen LogP contribution in [-0.4, -0.2) is 10.8 Å². The molecule has 0 aliphatic heterocycles. The lowest BCUT2D eigenvalue weighted by Crippen LogP contribution is -2.15. The first kappa shape index (κ1) is 8.58. The van der Waals surface area contributed by atoms with Crippen LogP contribution < -0.4 is 0 Å². The summed E-state index contributed by atoms with van der Waals surface area (Å²) >= 11 is 11.5. The van der Waals surface area contributed by atoms with Crippen LogP contribution in [-0.2, 0) is 0 Å². The fourth-order valence-corrected chi connectivity index (χ4v) is 0.876. The molecule has 2 atom stereocenters. The van der Waals surface area contributed by atoms with Gasteiger partial charge in [0.25, 0.3) is 0 Å². The average Bonchev–Trinajstić information content (AvgIpc) is 1.64. The summed E-state index contributed by atoms with van der Waals surface area (Å²) in [6, 6.07) is 0. The van der Waals surface area contributed by atoms with Gasteiger partial charge in [0.15, 0.2) is 0 Å². The van der Waals surface area contributed by atoms with Gasteiger partial charge in [0, 0.05) is 10.8 Å². The Labute approximate surface area is 61.2 Å². The van der Waals surface area contributed by atoms with Gasteiger partial charge in [0.2, 0.25) is 0 Å². The highest BCUT2D eigenvalue weighted by Gasteiger charge is 2.13. The highest BCUT2D eigenvalue weighted by Crippen LogP contribution is 2.17. The minimum absolute atomic E-state index is 0.183. The smallest absolute Gasteiger partial charge is 0.0347 e. The van der Waals surface area contributed by atoms with Crippen LogP contribution in [0.3, 0.4) is 0 Å². The maximum Gasteiger partial charge on any atom is 0.0347 e. The number of alkyl halides is 2. The van der Waals surface area contributed by atoms with Gasteiger partial charge in [-0.25, -0.2) is 0 Å². The first-order valence-electron chi connectivity index (χ1n) is 2.84. The molecule has 0 radical (unpaired) electrons. The molecule has 0 amide bonds. The van der Waals surface area contributed by atoms with Gasteiger partial charge in [-0.3, -0.25) is 0 Å². The van der Waals surface area contributed by atoms with Crippen LogP contribution in [0.4, 0.5) is 0 Å². The monoisotopic (exact) mass is 154 g/mol. The predicted octanol–water partition coefficient (Wildman–Crippen LogP) is 2.88. The highest BCUT2D eigenvalue weighted by atomic mass is 35.5. The first-order chi connectivity index (χ1) is 3.55. The molecule has 8 heavy (non-hydrogen) atoms. The molecule has 0 N–H and O–H groups in total. The van der Waals surface area contributed by atoms with Crippen LogP contribution in [0.25, 0.3) is 0 Å². The third-order valence-electron chi connectivity index (χ3n) is 1.45. The second kappa shape index (κ2) is 3.58. The summed E-state index contributed by atoms with van der Waals surface area (Å²) in [5.74, 6) is 0.401. The van der Waals surface area contributed by atoms with Crippen molar-refractivity contribution < 1.29 is 0 Å². The van der Waals surface area contributed by atoms with E-state index >= 15 is 0 Å². The minimum Gasteiger partial charge on any atom is -0.123 e. The van der Waals surface area contributed by atoms with Gasteiger partial charge in [-0.1, -0.05) is 6.92 Å². The molecule has 0 saturated heterocycles. The van der Waals surface area contributed by atoms with Crippen molar-refractivity contribution in [3.8, 4) is 0 Å². The fourth-order valence-electron chi connectivity index (χ4n) is 0.365. The molecule has 0 aliphatic carbocycles. The number of halogens is 2. The van der Waals surface area contributed by atoms with E-state index in [2.05, 4.69) is 6.92 Å². The summed E-state index contributed by atoms with van der Waals surface area (Å²) in [7, 11) is 0. The van der Waals surface area contributed by atoms with Crippen molar-refractivity contribution in [1.82, 2.24) is 0 Å². The lowest BCUT2D eigenvalue weighted by molar-refractivity contribution is 0.559. The van der Waals surface area contributed by atoms with E-state index in [0.717, 1.165) is 0 Å². The van der Waals surface area contributed by atoms with Crippen LogP contribution >= 0.6 is 23.2 Å². The number of rotatable bonds is 2. The van der Waals surface area contributed by atoms with Crippen molar-refractivity contribution in [2.75, 3.05) is 0 Å². The van der Waals surface area contributed by atoms with Gasteiger partial charge < -0.3 is 0 Å². The Bertz CT molecular complexity index is 51.5. The predicted molar refractivity (Wildman–Crippen MR) is 39.8 cm³/mol. The molecule has 2 heteroatoms. The Hall–Kier alpha value is 0.580. The second-order valence-corrected chi connectivity index (χ2v) is 3.59. The number of hydrogen-bond acceptors (Lipinski definition) is 0. The Balaban J connectivity index is 3.46. The van der Waals surface area contributed by atoms with E-state index in [1.54, 1.807) is 0 Å². The van der Waals surface area contributed by atoms with E-state index in [9.17, 15) is 0 Å². The zero-order chi connectivity index (χ0) is 6.73. The summed E-state index contributed by atoms with van der Waals surface area (Å²) in [6.45, 7) is 5.98. The third-order valence-corrected chi connectivity index (χ3v) is 2.24. The zero-order valence-corrected chi connectivity index (χ0v) is 7.00. The Morgan fingerprint density at radius 2 is 1.12 bits per heavy atom. The molecule has 0 saturated carbocycles. The fraction of sp³-hybridized carbons (Fsp3) is 1.00. The number of hydrogen-bond donors (Lipinski definition) is 0. The first-order valence-corrected chi connectivity index (χ1v) is 3.71. The van der Waals surface area contributed by atoms with E-state index in [4.69, 9.17) is 23.2 Å². The van der Waals surface area contributed by atoms with Gasteiger partial charge >= 0.3 is 0 Å². The van der Waals surface area contributed by atoms with Gasteiger partial charge in [0.1, 0.15) is 0 Å². The molecule has 0 aromatic rings. The van der Waals surface area contributed by atoms with Crippen molar-refractivity contribution in [3.63, 3.8) is 0 Å². The summed E-state index contributed by atoms with van der Waals surface area (Å²) < 4.78 is 0. The van der Waals surface area contributed by atoms with Crippen LogP contribution in [0, 0.1) is 5.92 Å². The standard InChI is InChI=1S/C6H12Cl2/c1-4(5(2)7)6(3)8/h4-6H,1-3H3. The minimum atomic E-state index is 0.183. The molecule has 0 aromatic heterocycles. The highest BCUT2D eigenvalue weighted by molar-refractivity contribution is 6.23. The molecule has 0 nitrogen and oxygen atoms in total. The van der Waals surface area contributed by atoms with Crippen molar-refractivity contribution in [3.05, 3.63) is 0 Å². The molecule has 0 aromatic carbocycles. The summed E-state index contributed by atoms with van der Waals surface area (Å²) in [5.41, 5.74) is 0. The van der Waals surface area contributed by atoms with Gasteiger partial charge in [0.05, 0.1) is 0 Å². The molecule has 0 aliphatic rings. The normalized spacial score (nSPS) is 22.1. The lowest BCUT2D eigenvalue weighted by Gasteiger charge is -2.14. The molecule has 50 valence electrons. The van der Waals surface area contributed by atoms with E-state index in [0.29, 0.717) is 5.92 Å². The van der Waals surface area contributed by atoms with Crippen LogP contribution in [0.1, 0.15) is 20.8 Å². The third kappa shape index (κ3) is 2.78. The van der Waals surface area contributed by atoms with Crippen molar-refractivity contribution >= 4 is 23.2 Å². The maximum atomic E-state index is 5.74. The quantitative estimate of drug-likeness (QED) is 0.538. The largest absolute Gasteiger partial charge is 0.123 e. The molecule has 0 heterocycles. The average molecular weight is 155 g/mol. The van der Waals surface area contributed by atoms with E-state index in [-0.39, 0.29) is 10.8 Å². The topological polar surface area (TPSA) is 0 Å². The Morgan fingerprint density at radius 3 is 1.12 bits per heavy atom. The van der Waals surface area contributed by atoms with Crippen molar-refractivity contribution in [2.45, 2.75) is 31.5 Å². The van der Waals surface area contributed by atoms with E-state index < -0.39 is 0 Å². The van der Waals surface area contributed by atoms with E-state index in [1.807, 2.05) is 13.8 Å². The Kier molecular flexibility index (Phi) is 3.84. The summed E-state index contributed by atoms with van der Waals surface area (Å²) in [5, 5.41) is 0.366. The van der Waals surface area contributed by atoms with Crippen molar-refractivity contribution in [2.24, 2.45) is 5.92 Å². The molecule has 0 fully saturated rings. The maximum absolute atomic E-state index is 5.74. The molecule has 2 unspecified atom stereocenters. The van der Waals surface area contributed by atoms with Crippen LogP contribution in [0.2, 0.25) is 0 Å². The summed E-state index contributed by atoms with van der Waals surface area (Å²) in [4.78, 5) is 0. The molecular formula is C6H12Cl2. The molecule has 0 spiro atoms. The van der Waals surface area contributed by atoms with Gasteiger partial charge in [-0.2, -0.15) is 0 Å². The lowest BCUT2D eigenvalue weighted by atomic mass is 10.1. The van der Waals surface area contributed by atoms with Crippen LogP contribution in [0.15, 0.2) is 0 Å². The molecular weight excluding hydrogens is 143 g/mol. The van der Waals surface area contributed by atoms with Crippen molar-refractivity contribution in [1.29, 1.82) is 0 Å². The van der Waals surface area contributed by atoms with Gasteiger partial charge in [-0.15, -0.1) is 23.2 Å². The summed E-state index contributed by atoms with van der Waals surface area (Å²) in [6.07, 6.45) is 0. The molecule has 0 rings (SSSR count). The van der Waals surface area contributed by atoms with Crippen LogP contribution in [0.5, 0.6) is 0 Å². The van der Waals surface area contributed by atoms with Gasteiger partial charge in [-0.05, 0) is 19.8 Å².